The van der Waals surface area contributed by atoms with Gasteiger partial charge < -0.3 is 0 Å². The van der Waals surface area contributed by atoms with E-state index < -0.39 is 20.9 Å². The number of hydrogen-bond acceptors (Lipinski definition) is 6. The van der Waals surface area contributed by atoms with Crippen molar-refractivity contribution in [1.29, 1.82) is 0 Å². The van der Waals surface area contributed by atoms with Crippen LogP contribution in [0.15, 0.2) is 48.5 Å². The van der Waals surface area contributed by atoms with Gasteiger partial charge in [-0.25, -0.2) is 0 Å². The van der Waals surface area contributed by atoms with Crippen LogP contribution in [0.4, 0.5) is 0 Å². The van der Waals surface area contributed by atoms with Crippen LogP contribution in [-0.4, -0.2) is 57.3 Å². The van der Waals surface area contributed by atoms with Crippen LogP contribution >= 0.6 is 0 Å². The molecule has 0 spiro atoms. The van der Waals surface area contributed by atoms with Gasteiger partial charge in [-0.2, -0.15) is 0 Å². The van der Waals surface area contributed by atoms with Crippen molar-refractivity contribution in [1.82, 2.24) is 0 Å². The van der Waals surface area contributed by atoms with Gasteiger partial charge in [-0.1, -0.05) is 12.8 Å². The molecule has 0 aromatic heterocycles. The third kappa shape index (κ3) is 6.09. The van der Waals surface area contributed by atoms with E-state index in [2.05, 4.69) is 38.1 Å². The zero-order valence-electron chi connectivity index (χ0n) is 27.3. The van der Waals surface area contributed by atoms with Crippen molar-refractivity contribution in [2.75, 3.05) is 13.2 Å². The van der Waals surface area contributed by atoms with Gasteiger partial charge in [0.05, 0.1) is 0 Å². The summed E-state index contributed by atoms with van der Waals surface area (Å²) in [6.07, 6.45) is 13.8. The topological polar surface area (TPSA) is 71.1 Å². The van der Waals surface area contributed by atoms with E-state index in [4.69, 9.17) is 18.9 Å². The summed E-state index contributed by atoms with van der Waals surface area (Å²) >= 11 is -0.599. The number of rotatable bonds is 10. The Labute approximate surface area is 283 Å². The number of carbonyl (C=O) groups excluding carboxylic acids is 2. The van der Waals surface area contributed by atoms with E-state index in [0.717, 1.165) is 23.7 Å². The molecule has 246 valence electrons. The SMILES string of the molecule is CC1(OC(=O)COc2ccc([Te]c3ccc(OCC(=O)OC4(C)C5CC6CC(C5)CC4C6)cc3)cc2)C2CC3CCC(C2)CC1C3. The fourth-order valence-electron chi connectivity index (χ4n) is 10.8. The molecule has 6 nitrogen and oxygen atoms in total. The van der Waals surface area contributed by atoms with Gasteiger partial charge in [0.1, 0.15) is 0 Å². The molecule has 0 saturated heterocycles. The molecule has 46 heavy (non-hydrogen) atoms. The molecular formula is C39H48O6Te. The summed E-state index contributed by atoms with van der Waals surface area (Å²) in [6.45, 7) is 4.27. The minimum atomic E-state index is -0.599. The van der Waals surface area contributed by atoms with Crippen molar-refractivity contribution in [2.24, 2.45) is 47.3 Å². The number of carbonyl (C=O) groups is 2. The molecule has 0 atom stereocenters. The molecule has 0 unspecified atom stereocenters. The monoisotopic (exact) mass is 742 g/mol. The van der Waals surface area contributed by atoms with Crippen molar-refractivity contribution in [3.63, 3.8) is 0 Å². The van der Waals surface area contributed by atoms with Gasteiger partial charge in [0, 0.05) is 0 Å². The van der Waals surface area contributed by atoms with Crippen molar-refractivity contribution in [2.45, 2.75) is 95.7 Å². The van der Waals surface area contributed by atoms with Crippen LogP contribution in [-0.2, 0) is 19.1 Å². The zero-order chi connectivity index (χ0) is 31.5. The van der Waals surface area contributed by atoms with E-state index in [-0.39, 0.29) is 36.4 Å². The maximum absolute atomic E-state index is 12.9. The van der Waals surface area contributed by atoms with E-state index >= 15 is 0 Å². The van der Waals surface area contributed by atoms with E-state index in [1.807, 2.05) is 24.3 Å². The van der Waals surface area contributed by atoms with Crippen molar-refractivity contribution >= 4 is 40.1 Å². The first-order valence-corrected chi connectivity index (χ1v) is 20.1. The van der Waals surface area contributed by atoms with Crippen LogP contribution < -0.4 is 16.7 Å². The number of hydrogen-bond donors (Lipinski definition) is 0. The van der Waals surface area contributed by atoms with Crippen molar-refractivity contribution in [3.8, 4) is 11.5 Å². The number of benzene rings is 2. The number of esters is 2. The average Bonchev–Trinajstić information content (AvgIpc) is 3.33. The predicted octanol–water partition coefficient (Wildman–Crippen LogP) is 6.01. The Morgan fingerprint density at radius 2 is 0.913 bits per heavy atom. The second kappa shape index (κ2) is 12.3. The summed E-state index contributed by atoms with van der Waals surface area (Å²) in [5.41, 5.74) is -0.650. The Kier molecular flexibility index (Phi) is 8.33. The third-order valence-electron chi connectivity index (χ3n) is 13.1. The van der Waals surface area contributed by atoms with Crippen LogP contribution in [0, 0.1) is 47.3 Å². The summed E-state index contributed by atoms with van der Waals surface area (Å²) in [7, 11) is 0. The molecule has 0 amide bonds. The van der Waals surface area contributed by atoms with Crippen LogP contribution in [0.3, 0.4) is 0 Å². The predicted molar refractivity (Wildman–Crippen MR) is 177 cm³/mol. The molecule has 8 bridgehead atoms. The van der Waals surface area contributed by atoms with Gasteiger partial charge in [0.25, 0.3) is 0 Å². The van der Waals surface area contributed by atoms with Crippen LogP contribution in [0.2, 0.25) is 0 Å². The van der Waals surface area contributed by atoms with Crippen LogP contribution in [0.25, 0.3) is 0 Å². The van der Waals surface area contributed by atoms with Gasteiger partial charge in [0.15, 0.2) is 0 Å². The molecule has 2 aromatic rings. The van der Waals surface area contributed by atoms with Crippen LogP contribution in [0.5, 0.6) is 11.5 Å². The van der Waals surface area contributed by atoms with E-state index in [0.29, 0.717) is 35.2 Å². The molecule has 8 saturated carbocycles. The summed E-state index contributed by atoms with van der Waals surface area (Å²) in [4.78, 5) is 25.7. The zero-order valence-corrected chi connectivity index (χ0v) is 29.6. The van der Waals surface area contributed by atoms with Crippen LogP contribution in [0.1, 0.15) is 84.5 Å². The Balaban J connectivity index is 0.783. The van der Waals surface area contributed by atoms with E-state index in [9.17, 15) is 9.59 Å². The molecular weight excluding hydrogens is 692 g/mol. The second-order valence-electron chi connectivity index (χ2n) is 15.9. The molecule has 0 radical (unpaired) electrons. The van der Waals surface area contributed by atoms with E-state index in [1.54, 1.807) is 0 Å². The molecule has 2 aromatic carbocycles. The second-order valence-corrected chi connectivity index (χ2v) is 19.2. The number of ether oxygens (including phenoxy) is 4. The molecule has 7 heteroatoms. The first-order chi connectivity index (χ1) is 22.2. The quantitative estimate of drug-likeness (QED) is 0.220. The Bertz CT molecular complexity index is 1380. The van der Waals surface area contributed by atoms with Gasteiger partial charge in [0.2, 0.25) is 0 Å². The van der Waals surface area contributed by atoms with Crippen molar-refractivity contribution in [3.05, 3.63) is 48.5 Å². The molecule has 8 aliphatic rings. The molecule has 0 aliphatic heterocycles. The fourth-order valence-corrected chi connectivity index (χ4v) is 13.2. The van der Waals surface area contributed by atoms with Gasteiger partial charge in [-0.05, 0) is 6.42 Å². The normalized spacial score (nSPS) is 38.3. The Morgan fingerprint density at radius 1 is 0.565 bits per heavy atom. The standard InChI is InChI=1S/C39H48O6Te/c1-38(28-14-24-3-4-25(16-28)17-29(38)15-24)44-36(40)22-42-32-5-9-34(10-6-32)46-35-11-7-33(8-12-35)43-23-37(41)45-39(2)30-18-26-13-27(20-30)21-31(39)19-26/h5-12,24-31H,3-4,13-23H2,1-2H3. The Morgan fingerprint density at radius 3 is 1.28 bits per heavy atom. The summed E-state index contributed by atoms with van der Waals surface area (Å²) in [6, 6.07) is 16.2. The third-order valence-corrected chi connectivity index (χ3v) is 16.0. The summed E-state index contributed by atoms with van der Waals surface area (Å²) in [5, 5.41) is 0. The molecule has 0 heterocycles. The fraction of sp³-hybridized carbons (Fsp3) is 0.641. The van der Waals surface area contributed by atoms with Gasteiger partial charge >= 0.3 is 266 Å². The summed E-state index contributed by atoms with van der Waals surface area (Å²) < 4.78 is 26.6. The van der Waals surface area contributed by atoms with E-state index in [1.165, 1.54) is 77.9 Å². The van der Waals surface area contributed by atoms with Crippen molar-refractivity contribution < 1.29 is 28.5 Å². The molecule has 8 aliphatic carbocycles. The molecule has 0 N–H and O–H groups in total. The molecule has 10 rings (SSSR count). The van der Waals surface area contributed by atoms with Gasteiger partial charge in [-0.3, -0.25) is 0 Å². The first kappa shape index (κ1) is 31.1. The average molecular weight is 740 g/mol. The number of fused-ring (bicyclic) bond motifs is 1. The minimum absolute atomic E-state index is 0.0474. The Hall–Kier alpha value is -2.23. The summed E-state index contributed by atoms with van der Waals surface area (Å²) in [5.74, 6) is 6.27. The van der Waals surface area contributed by atoms with Gasteiger partial charge in [-0.15, -0.1) is 0 Å². The maximum atomic E-state index is 12.9. The molecule has 8 fully saturated rings. The first-order valence-electron chi connectivity index (χ1n) is 17.8.